The molecule has 3 heterocycles. The fraction of sp³-hybridized carbons (Fsp3) is 0.217. The first-order valence-electron chi connectivity index (χ1n) is 10.7. The van der Waals surface area contributed by atoms with Crippen molar-refractivity contribution in [3.05, 3.63) is 66.1 Å². The topological polar surface area (TPSA) is 133 Å². The summed E-state index contributed by atoms with van der Waals surface area (Å²) in [4.78, 5) is 35.1. The highest BCUT2D eigenvalue weighted by molar-refractivity contribution is 7.92. The second kappa shape index (κ2) is 10.3. The maximum absolute atomic E-state index is 13.1. The molecule has 1 aromatic carbocycles. The van der Waals surface area contributed by atoms with E-state index in [0.29, 0.717) is 41.5 Å². The maximum atomic E-state index is 13.1. The Labute approximate surface area is 207 Å². The van der Waals surface area contributed by atoms with Crippen LogP contribution in [0.2, 0.25) is 5.15 Å². The van der Waals surface area contributed by atoms with Crippen molar-refractivity contribution in [2.75, 3.05) is 27.7 Å². The maximum Gasteiger partial charge on any atom is 0.319 e. The molecule has 0 unspecified atom stereocenters. The molecule has 0 spiro atoms. The van der Waals surface area contributed by atoms with Crippen LogP contribution in [0.1, 0.15) is 12.8 Å². The van der Waals surface area contributed by atoms with E-state index in [2.05, 4.69) is 25.3 Å². The number of aromatic nitrogens is 2. The molecule has 35 heavy (non-hydrogen) atoms. The predicted octanol–water partition coefficient (Wildman–Crippen LogP) is 3.49. The molecule has 182 valence electrons. The lowest BCUT2D eigenvalue weighted by molar-refractivity contribution is -0.121. The number of hydrogen-bond donors (Lipinski definition) is 3. The number of halogens is 1. The highest BCUT2D eigenvalue weighted by atomic mass is 35.5. The lowest BCUT2D eigenvalue weighted by atomic mass is 10.0. The van der Waals surface area contributed by atoms with Crippen LogP contribution in [0.3, 0.4) is 0 Å². The van der Waals surface area contributed by atoms with Crippen molar-refractivity contribution in [2.45, 2.75) is 18.9 Å². The Kier molecular flexibility index (Phi) is 7.17. The minimum Gasteiger partial charge on any atom is -0.326 e. The van der Waals surface area contributed by atoms with Gasteiger partial charge in [-0.1, -0.05) is 23.7 Å². The number of pyridine rings is 2. The number of nitrogens with one attached hydrogen (secondary N) is 3. The Morgan fingerprint density at radius 2 is 1.89 bits per heavy atom. The fourth-order valence-electron chi connectivity index (χ4n) is 3.76. The number of carbonyl (C=O) groups excluding carboxylic acids is 2. The van der Waals surface area contributed by atoms with Gasteiger partial charge in [-0.05, 0) is 54.8 Å². The van der Waals surface area contributed by atoms with Crippen LogP contribution in [-0.4, -0.2) is 49.2 Å². The van der Waals surface area contributed by atoms with Gasteiger partial charge in [0.2, 0.25) is 15.9 Å². The third kappa shape index (κ3) is 6.25. The minimum absolute atomic E-state index is 0.214. The zero-order valence-corrected chi connectivity index (χ0v) is 20.3. The molecule has 0 aliphatic carbocycles. The number of sulfonamides is 1. The monoisotopic (exact) mass is 514 g/mol. The van der Waals surface area contributed by atoms with Crippen LogP contribution in [0, 0.1) is 0 Å². The summed E-state index contributed by atoms with van der Waals surface area (Å²) < 4.78 is 25.7. The number of anilines is 3. The Morgan fingerprint density at radius 1 is 1.11 bits per heavy atom. The molecule has 3 N–H and O–H groups in total. The van der Waals surface area contributed by atoms with Gasteiger partial charge in [-0.3, -0.25) is 9.52 Å². The first-order valence-corrected chi connectivity index (χ1v) is 13.0. The average molecular weight is 515 g/mol. The average Bonchev–Trinajstić information content (AvgIpc) is 2.81. The number of urea groups is 1. The molecule has 4 rings (SSSR count). The summed E-state index contributed by atoms with van der Waals surface area (Å²) in [6.45, 7) is 0.521. The van der Waals surface area contributed by atoms with Gasteiger partial charge >= 0.3 is 6.03 Å². The molecule has 1 atom stereocenters. The Morgan fingerprint density at radius 3 is 2.57 bits per heavy atom. The number of piperidine rings is 1. The molecule has 2 aromatic heterocycles. The Balaban J connectivity index is 1.45. The SMILES string of the molecule is CS(=O)(=O)Nc1ncccc1-c1ccc(N2CCC[C@@H](NC(=O)Nc3ccc(Cl)nc3)C2=O)cc1. The molecule has 1 fully saturated rings. The van der Waals surface area contributed by atoms with Gasteiger partial charge in [0.25, 0.3) is 0 Å². The molecule has 1 aliphatic rings. The van der Waals surface area contributed by atoms with E-state index in [0.717, 1.165) is 11.8 Å². The standard InChI is InChI=1S/C23H23ClN6O4S/c1-35(33,34)29-21-18(4-2-12-25-21)15-6-9-17(10-7-15)30-13-3-5-19(22(30)31)28-23(32)27-16-8-11-20(24)26-14-16/h2,4,6-12,14,19H,3,5,13H2,1H3,(H,25,29)(H2,27,28,32)/t19-/m1/s1. The zero-order valence-electron chi connectivity index (χ0n) is 18.7. The summed E-state index contributed by atoms with van der Waals surface area (Å²) in [6.07, 6.45) is 5.23. The smallest absolute Gasteiger partial charge is 0.319 e. The largest absolute Gasteiger partial charge is 0.326 e. The number of rotatable bonds is 6. The first-order chi connectivity index (χ1) is 16.7. The predicted molar refractivity (Wildman–Crippen MR) is 135 cm³/mol. The number of benzene rings is 1. The molecule has 10 nitrogen and oxygen atoms in total. The van der Waals surface area contributed by atoms with Crippen LogP contribution in [0.25, 0.3) is 11.1 Å². The van der Waals surface area contributed by atoms with E-state index in [-0.39, 0.29) is 11.7 Å². The molecule has 3 aromatic rings. The van der Waals surface area contributed by atoms with Crippen LogP contribution < -0.4 is 20.3 Å². The molecule has 0 saturated carbocycles. The Bertz CT molecular complexity index is 1330. The first kappa shape index (κ1) is 24.4. The normalized spacial score (nSPS) is 16.0. The van der Waals surface area contributed by atoms with Crippen molar-refractivity contribution in [1.29, 1.82) is 0 Å². The summed E-state index contributed by atoms with van der Waals surface area (Å²) in [5.41, 5.74) is 2.49. The van der Waals surface area contributed by atoms with Crippen molar-refractivity contribution >= 4 is 50.8 Å². The van der Waals surface area contributed by atoms with Gasteiger partial charge in [0.05, 0.1) is 18.1 Å². The van der Waals surface area contributed by atoms with Gasteiger partial charge in [-0.15, -0.1) is 0 Å². The third-order valence-corrected chi connectivity index (χ3v) is 6.10. The molecule has 1 saturated heterocycles. The van der Waals surface area contributed by atoms with Crippen molar-refractivity contribution in [2.24, 2.45) is 0 Å². The lowest BCUT2D eigenvalue weighted by Crippen LogP contribution is -2.53. The quantitative estimate of drug-likeness (QED) is 0.431. The van der Waals surface area contributed by atoms with Crippen molar-refractivity contribution in [3.8, 4) is 11.1 Å². The van der Waals surface area contributed by atoms with Crippen LogP contribution >= 0.6 is 11.6 Å². The van der Waals surface area contributed by atoms with Crippen LogP contribution in [0.15, 0.2) is 60.9 Å². The zero-order chi connectivity index (χ0) is 25.0. The molecule has 0 radical (unpaired) electrons. The number of nitrogens with zero attached hydrogens (tertiary/aromatic N) is 3. The lowest BCUT2D eigenvalue weighted by Gasteiger charge is -2.32. The molecular formula is C23H23ClN6O4S. The van der Waals surface area contributed by atoms with Gasteiger partial charge in [-0.2, -0.15) is 0 Å². The summed E-state index contributed by atoms with van der Waals surface area (Å²) in [7, 11) is -3.49. The molecule has 0 bridgehead atoms. The van der Waals surface area contributed by atoms with E-state index in [4.69, 9.17) is 11.6 Å². The Hall–Kier alpha value is -3.70. The third-order valence-electron chi connectivity index (χ3n) is 5.31. The molecular weight excluding hydrogens is 492 g/mol. The van der Waals surface area contributed by atoms with Gasteiger partial charge in [0, 0.05) is 24.0 Å². The number of carbonyl (C=O) groups is 2. The second-order valence-electron chi connectivity index (χ2n) is 7.97. The van der Waals surface area contributed by atoms with E-state index in [1.54, 1.807) is 53.4 Å². The summed E-state index contributed by atoms with van der Waals surface area (Å²) in [5, 5.41) is 5.68. The van der Waals surface area contributed by atoms with Crippen molar-refractivity contribution < 1.29 is 18.0 Å². The van der Waals surface area contributed by atoms with E-state index in [9.17, 15) is 18.0 Å². The van der Waals surface area contributed by atoms with Crippen LogP contribution in [-0.2, 0) is 14.8 Å². The summed E-state index contributed by atoms with van der Waals surface area (Å²) in [6, 6.07) is 12.6. The van der Waals surface area contributed by atoms with Gasteiger partial charge in [0.15, 0.2) is 0 Å². The highest BCUT2D eigenvalue weighted by Gasteiger charge is 2.31. The van der Waals surface area contributed by atoms with Gasteiger partial charge in [-0.25, -0.2) is 23.2 Å². The minimum atomic E-state index is -3.49. The van der Waals surface area contributed by atoms with Crippen LogP contribution in [0.4, 0.5) is 22.0 Å². The molecule has 1 aliphatic heterocycles. The van der Waals surface area contributed by atoms with Gasteiger partial charge < -0.3 is 15.5 Å². The summed E-state index contributed by atoms with van der Waals surface area (Å²) >= 11 is 5.75. The van der Waals surface area contributed by atoms with E-state index in [1.807, 2.05) is 0 Å². The van der Waals surface area contributed by atoms with Crippen molar-refractivity contribution in [3.63, 3.8) is 0 Å². The van der Waals surface area contributed by atoms with Crippen molar-refractivity contribution in [1.82, 2.24) is 15.3 Å². The van der Waals surface area contributed by atoms with E-state index >= 15 is 0 Å². The highest BCUT2D eigenvalue weighted by Crippen LogP contribution is 2.29. The van der Waals surface area contributed by atoms with E-state index < -0.39 is 22.1 Å². The molecule has 12 heteroatoms. The second-order valence-corrected chi connectivity index (χ2v) is 10.1. The summed E-state index contributed by atoms with van der Waals surface area (Å²) in [5.74, 6) is 0.0113. The number of hydrogen-bond acceptors (Lipinski definition) is 6. The van der Waals surface area contributed by atoms with Crippen LogP contribution in [0.5, 0.6) is 0 Å². The fourth-order valence-corrected chi connectivity index (χ4v) is 4.38. The molecule has 3 amide bonds. The van der Waals surface area contributed by atoms with Gasteiger partial charge in [0.1, 0.15) is 17.0 Å². The van der Waals surface area contributed by atoms with E-state index in [1.165, 1.54) is 12.4 Å². The number of amides is 3.